The second-order valence-corrected chi connectivity index (χ2v) is 5.68. The van der Waals surface area contributed by atoms with Gasteiger partial charge in [-0.15, -0.1) is 0 Å². The van der Waals surface area contributed by atoms with Crippen molar-refractivity contribution in [1.29, 1.82) is 0 Å². The summed E-state index contributed by atoms with van der Waals surface area (Å²) in [4.78, 5) is 15.7. The molecule has 0 aliphatic carbocycles. The molecule has 5 heteroatoms. The number of hydrogen-bond donors (Lipinski definition) is 1. The van der Waals surface area contributed by atoms with Crippen molar-refractivity contribution in [3.8, 4) is 0 Å². The molecule has 0 aromatic heterocycles. The average Bonchev–Trinajstić information content (AvgIpc) is 2.35. The van der Waals surface area contributed by atoms with Crippen LogP contribution in [0, 0.1) is 5.92 Å². The van der Waals surface area contributed by atoms with Gasteiger partial charge in [-0.2, -0.15) is 0 Å². The van der Waals surface area contributed by atoms with Gasteiger partial charge in [-0.25, -0.2) is 4.79 Å². The molecular formula is C14H26N2O3. The Balaban J connectivity index is 2.49. The third-order valence-electron chi connectivity index (χ3n) is 3.09. The molecular weight excluding hydrogens is 244 g/mol. The third-order valence-corrected chi connectivity index (χ3v) is 3.09. The van der Waals surface area contributed by atoms with E-state index in [9.17, 15) is 9.90 Å². The molecule has 0 saturated carbocycles. The van der Waals surface area contributed by atoms with Crippen molar-refractivity contribution in [2.75, 3.05) is 39.4 Å². The fraction of sp³-hybridized carbons (Fsp3) is 0.786. The summed E-state index contributed by atoms with van der Waals surface area (Å²) in [5.74, 6) is 0.335. The summed E-state index contributed by atoms with van der Waals surface area (Å²) in [5, 5.41) is 9.44. The van der Waals surface area contributed by atoms with Crippen LogP contribution in [0.25, 0.3) is 0 Å². The van der Waals surface area contributed by atoms with Crippen molar-refractivity contribution in [3.63, 3.8) is 0 Å². The molecule has 19 heavy (non-hydrogen) atoms. The van der Waals surface area contributed by atoms with Crippen molar-refractivity contribution >= 4 is 6.09 Å². The molecule has 1 unspecified atom stereocenters. The van der Waals surface area contributed by atoms with Gasteiger partial charge in [0.25, 0.3) is 0 Å². The zero-order valence-electron chi connectivity index (χ0n) is 12.3. The van der Waals surface area contributed by atoms with E-state index in [1.807, 2.05) is 20.8 Å². The van der Waals surface area contributed by atoms with Gasteiger partial charge < -0.3 is 14.7 Å². The molecule has 0 spiro atoms. The molecule has 1 aliphatic rings. The minimum absolute atomic E-state index is 0.0305. The van der Waals surface area contributed by atoms with Crippen molar-refractivity contribution in [3.05, 3.63) is 12.2 Å². The number of carbonyl (C=O) groups excluding carboxylic acids is 1. The molecule has 1 amide bonds. The first-order valence-corrected chi connectivity index (χ1v) is 6.85. The Labute approximate surface area is 115 Å². The maximum absolute atomic E-state index is 11.9. The number of nitrogens with zero attached hydrogens (tertiary/aromatic N) is 2. The number of aliphatic hydroxyl groups excluding tert-OH is 1. The summed E-state index contributed by atoms with van der Waals surface area (Å²) in [5.41, 5.74) is 1.06. The van der Waals surface area contributed by atoms with Gasteiger partial charge in [-0.1, -0.05) is 26.0 Å². The SMILES string of the molecule is C=C(C)CN1CCN(C(=O)OCC(C)C)CC1CO. The highest BCUT2D eigenvalue weighted by molar-refractivity contribution is 5.67. The summed E-state index contributed by atoms with van der Waals surface area (Å²) in [6.45, 7) is 13.0. The number of ether oxygens (including phenoxy) is 1. The average molecular weight is 270 g/mol. The second-order valence-electron chi connectivity index (χ2n) is 5.68. The summed E-state index contributed by atoms with van der Waals surface area (Å²) in [7, 11) is 0. The van der Waals surface area contributed by atoms with Crippen LogP contribution in [0.4, 0.5) is 4.79 Å². The normalized spacial score (nSPS) is 20.7. The fourth-order valence-corrected chi connectivity index (χ4v) is 2.12. The van der Waals surface area contributed by atoms with Crippen LogP contribution >= 0.6 is 0 Å². The van der Waals surface area contributed by atoms with Gasteiger partial charge in [-0.05, 0) is 12.8 Å². The topological polar surface area (TPSA) is 53.0 Å². The van der Waals surface area contributed by atoms with Crippen LogP contribution in [-0.2, 0) is 4.74 Å². The Hall–Kier alpha value is -1.07. The predicted molar refractivity (Wildman–Crippen MR) is 75.0 cm³/mol. The molecule has 1 heterocycles. The van der Waals surface area contributed by atoms with E-state index in [2.05, 4.69) is 11.5 Å². The molecule has 0 aromatic carbocycles. The van der Waals surface area contributed by atoms with E-state index >= 15 is 0 Å². The lowest BCUT2D eigenvalue weighted by Crippen LogP contribution is -2.56. The van der Waals surface area contributed by atoms with E-state index in [0.29, 0.717) is 25.6 Å². The van der Waals surface area contributed by atoms with Crippen molar-refractivity contribution < 1.29 is 14.6 Å². The first-order chi connectivity index (χ1) is 8.93. The van der Waals surface area contributed by atoms with Gasteiger partial charge in [0.05, 0.1) is 19.3 Å². The Morgan fingerprint density at radius 1 is 1.47 bits per heavy atom. The molecule has 1 rings (SSSR count). The van der Waals surface area contributed by atoms with Gasteiger partial charge in [0.2, 0.25) is 0 Å². The van der Waals surface area contributed by atoms with E-state index < -0.39 is 0 Å². The Morgan fingerprint density at radius 2 is 2.16 bits per heavy atom. The van der Waals surface area contributed by atoms with E-state index in [0.717, 1.165) is 18.7 Å². The van der Waals surface area contributed by atoms with Crippen molar-refractivity contribution in [1.82, 2.24) is 9.80 Å². The number of piperazine rings is 1. The molecule has 110 valence electrons. The quantitative estimate of drug-likeness (QED) is 0.766. The Morgan fingerprint density at radius 3 is 2.68 bits per heavy atom. The zero-order chi connectivity index (χ0) is 14.4. The molecule has 1 aliphatic heterocycles. The lowest BCUT2D eigenvalue weighted by molar-refractivity contribution is 0.0309. The van der Waals surface area contributed by atoms with Gasteiger partial charge in [0.15, 0.2) is 0 Å². The highest BCUT2D eigenvalue weighted by Crippen LogP contribution is 2.12. The maximum atomic E-state index is 11.9. The van der Waals surface area contributed by atoms with Crippen LogP contribution in [-0.4, -0.2) is 66.4 Å². The van der Waals surface area contributed by atoms with E-state index in [1.165, 1.54) is 0 Å². The van der Waals surface area contributed by atoms with Gasteiger partial charge in [0, 0.05) is 26.2 Å². The minimum atomic E-state index is -0.276. The van der Waals surface area contributed by atoms with E-state index in [4.69, 9.17) is 4.74 Å². The summed E-state index contributed by atoms with van der Waals surface area (Å²) >= 11 is 0. The lowest BCUT2D eigenvalue weighted by Gasteiger charge is -2.40. The molecule has 5 nitrogen and oxygen atoms in total. The number of hydrogen-bond acceptors (Lipinski definition) is 4. The van der Waals surface area contributed by atoms with Crippen LogP contribution in [0.1, 0.15) is 20.8 Å². The number of amides is 1. The monoisotopic (exact) mass is 270 g/mol. The number of carbonyl (C=O) groups is 1. The van der Waals surface area contributed by atoms with Crippen LogP contribution in [0.2, 0.25) is 0 Å². The zero-order valence-corrected chi connectivity index (χ0v) is 12.3. The third kappa shape index (κ3) is 5.20. The lowest BCUT2D eigenvalue weighted by atomic mass is 10.1. The highest BCUT2D eigenvalue weighted by Gasteiger charge is 2.29. The fourth-order valence-electron chi connectivity index (χ4n) is 2.12. The molecule has 0 bridgehead atoms. The van der Waals surface area contributed by atoms with Crippen LogP contribution < -0.4 is 0 Å². The Bertz CT molecular complexity index is 318. The highest BCUT2D eigenvalue weighted by atomic mass is 16.6. The first kappa shape index (κ1) is 16.0. The second kappa shape index (κ2) is 7.50. The summed E-state index contributed by atoms with van der Waals surface area (Å²) in [6.07, 6.45) is -0.276. The van der Waals surface area contributed by atoms with Crippen molar-refractivity contribution in [2.24, 2.45) is 5.92 Å². The molecule has 1 N–H and O–H groups in total. The molecule has 1 saturated heterocycles. The summed E-state index contributed by atoms with van der Waals surface area (Å²) < 4.78 is 5.22. The van der Waals surface area contributed by atoms with E-state index in [1.54, 1.807) is 4.90 Å². The predicted octanol–water partition coefficient (Wildman–Crippen LogP) is 1.33. The number of rotatable bonds is 5. The van der Waals surface area contributed by atoms with Gasteiger partial charge in [0.1, 0.15) is 0 Å². The number of aliphatic hydroxyl groups is 1. The molecule has 0 aromatic rings. The molecule has 0 radical (unpaired) electrons. The Kier molecular flexibility index (Phi) is 6.31. The van der Waals surface area contributed by atoms with Crippen LogP contribution in [0.3, 0.4) is 0 Å². The standard InChI is InChI=1S/C14H26N2O3/c1-11(2)7-15-5-6-16(8-13(15)9-17)14(18)19-10-12(3)4/h12-13,17H,1,5-10H2,2-4H3. The first-order valence-electron chi connectivity index (χ1n) is 6.85. The van der Waals surface area contributed by atoms with Crippen LogP contribution in [0.15, 0.2) is 12.2 Å². The summed E-state index contributed by atoms with van der Waals surface area (Å²) in [6, 6.07) is -0.0305. The smallest absolute Gasteiger partial charge is 0.409 e. The largest absolute Gasteiger partial charge is 0.449 e. The van der Waals surface area contributed by atoms with Crippen LogP contribution in [0.5, 0.6) is 0 Å². The van der Waals surface area contributed by atoms with Crippen molar-refractivity contribution in [2.45, 2.75) is 26.8 Å². The van der Waals surface area contributed by atoms with Gasteiger partial charge in [-0.3, -0.25) is 4.90 Å². The molecule has 1 atom stereocenters. The minimum Gasteiger partial charge on any atom is -0.449 e. The van der Waals surface area contributed by atoms with E-state index in [-0.39, 0.29) is 18.7 Å². The van der Waals surface area contributed by atoms with Gasteiger partial charge >= 0.3 is 6.09 Å². The maximum Gasteiger partial charge on any atom is 0.409 e. The molecule has 1 fully saturated rings.